The monoisotopic (exact) mass is 656 g/mol. The number of carbonyl (C=O) groups is 3. The zero-order valence-electron chi connectivity index (χ0n) is 22.2. The van der Waals surface area contributed by atoms with E-state index in [-0.39, 0.29) is 11.4 Å². The minimum atomic E-state index is -0.505. The van der Waals surface area contributed by atoms with Crippen LogP contribution in [0.2, 0.25) is 0 Å². The van der Waals surface area contributed by atoms with Gasteiger partial charge in [0.05, 0.1) is 15.1 Å². The molecular weight excluding hydrogens is 627 g/mol. The summed E-state index contributed by atoms with van der Waals surface area (Å²) in [4.78, 5) is 39.7. The van der Waals surface area contributed by atoms with Gasteiger partial charge in [-0.3, -0.25) is 19.3 Å². The number of carbonyl (C=O) groups excluding carboxylic acids is 3. The maximum Gasteiger partial charge on any atom is 0.294 e. The highest BCUT2D eigenvalue weighted by Crippen LogP contribution is 2.38. The summed E-state index contributed by atoms with van der Waals surface area (Å²) in [6.45, 7) is 8.16. The Morgan fingerprint density at radius 3 is 2.38 bits per heavy atom. The minimum Gasteiger partial charge on any atom is -0.490 e. The summed E-state index contributed by atoms with van der Waals surface area (Å²) < 4.78 is 12.7. The predicted octanol–water partition coefficient (Wildman–Crippen LogP) is 6.87. The summed E-state index contributed by atoms with van der Waals surface area (Å²) in [5, 5.41) is 2.37. The van der Waals surface area contributed by atoms with Crippen LogP contribution in [0.4, 0.5) is 10.5 Å². The van der Waals surface area contributed by atoms with Crippen LogP contribution in [0.25, 0.3) is 6.08 Å². The SMILES string of the molecule is CCOc1cc(/C=C2/SC(=O)N(CC(=O)Nc3c(C)cc(C)cc3C)C2=O)cc(I)c1OCc1ccccc1. The number of aryl methyl sites for hydroxylation is 3. The molecule has 0 aliphatic carbocycles. The second kappa shape index (κ2) is 12.7. The first-order valence-electron chi connectivity index (χ1n) is 12.4. The summed E-state index contributed by atoms with van der Waals surface area (Å²) in [7, 11) is 0. The molecule has 202 valence electrons. The number of halogens is 1. The maximum absolute atomic E-state index is 13.1. The molecule has 0 atom stereocenters. The molecule has 3 amide bonds. The van der Waals surface area contributed by atoms with Crippen molar-refractivity contribution in [3.05, 3.63) is 90.9 Å². The molecular formula is C30H29IN2O5S. The Hall–Kier alpha value is -3.31. The Balaban J connectivity index is 1.50. The van der Waals surface area contributed by atoms with E-state index in [2.05, 4.69) is 27.9 Å². The van der Waals surface area contributed by atoms with Crippen molar-refractivity contribution in [3.8, 4) is 11.5 Å². The smallest absolute Gasteiger partial charge is 0.294 e. The molecule has 0 radical (unpaired) electrons. The maximum atomic E-state index is 13.1. The van der Waals surface area contributed by atoms with Gasteiger partial charge in [-0.25, -0.2) is 0 Å². The quantitative estimate of drug-likeness (QED) is 0.200. The minimum absolute atomic E-state index is 0.242. The second-order valence-corrected chi connectivity index (χ2v) is 11.3. The Morgan fingerprint density at radius 2 is 1.72 bits per heavy atom. The molecule has 39 heavy (non-hydrogen) atoms. The lowest BCUT2D eigenvalue weighted by Gasteiger charge is -2.16. The Labute approximate surface area is 246 Å². The Bertz CT molecular complexity index is 1430. The number of amides is 3. The lowest BCUT2D eigenvalue weighted by Crippen LogP contribution is -2.36. The van der Waals surface area contributed by atoms with Crippen molar-refractivity contribution in [1.82, 2.24) is 4.90 Å². The van der Waals surface area contributed by atoms with Gasteiger partial charge >= 0.3 is 0 Å². The molecule has 0 unspecified atom stereocenters. The third-order valence-electron chi connectivity index (χ3n) is 5.97. The normalized spacial score (nSPS) is 14.2. The summed E-state index contributed by atoms with van der Waals surface area (Å²) in [6.07, 6.45) is 1.64. The van der Waals surface area contributed by atoms with Crippen LogP contribution in [0, 0.1) is 24.3 Å². The molecule has 1 aliphatic rings. The molecule has 1 fully saturated rings. The average Bonchev–Trinajstić information content (AvgIpc) is 3.13. The van der Waals surface area contributed by atoms with Gasteiger partial charge in [-0.15, -0.1) is 0 Å². The summed E-state index contributed by atoms with van der Waals surface area (Å²) in [6, 6.07) is 17.4. The molecule has 0 spiro atoms. The van der Waals surface area contributed by atoms with Crippen LogP contribution in [0.15, 0.2) is 59.5 Å². The van der Waals surface area contributed by atoms with Gasteiger partial charge in [0.1, 0.15) is 13.2 Å². The first kappa shape index (κ1) is 28.7. The van der Waals surface area contributed by atoms with Crippen LogP contribution in [0.1, 0.15) is 34.7 Å². The van der Waals surface area contributed by atoms with E-state index in [1.807, 2.05) is 76.2 Å². The highest BCUT2D eigenvalue weighted by Gasteiger charge is 2.36. The topological polar surface area (TPSA) is 84.9 Å². The van der Waals surface area contributed by atoms with E-state index >= 15 is 0 Å². The zero-order chi connectivity index (χ0) is 28.1. The average molecular weight is 657 g/mol. The number of anilines is 1. The molecule has 3 aromatic rings. The molecule has 0 bridgehead atoms. The van der Waals surface area contributed by atoms with Gasteiger partial charge in [0, 0.05) is 5.69 Å². The highest BCUT2D eigenvalue weighted by molar-refractivity contribution is 14.1. The van der Waals surface area contributed by atoms with Crippen LogP contribution in [0.5, 0.6) is 11.5 Å². The first-order valence-corrected chi connectivity index (χ1v) is 14.3. The van der Waals surface area contributed by atoms with Gasteiger partial charge in [-0.2, -0.15) is 0 Å². The van der Waals surface area contributed by atoms with Gasteiger partial charge in [-0.1, -0.05) is 48.0 Å². The van der Waals surface area contributed by atoms with Crippen LogP contribution in [-0.2, 0) is 16.2 Å². The molecule has 0 aromatic heterocycles. The molecule has 0 saturated carbocycles. The van der Waals surface area contributed by atoms with Crippen molar-refractivity contribution in [2.75, 3.05) is 18.5 Å². The fourth-order valence-electron chi connectivity index (χ4n) is 4.29. The van der Waals surface area contributed by atoms with E-state index in [1.165, 1.54) is 0 Å². The van der Waals surface area contributed by atoms with Gasteiger partial charge in [0.15, 0.2) is 11.5 Å². The highest BCUT2D eigenvalue weighted by atomic mass is 127. The van der Waals surface area contributed by atoms with Crippen LogP contribution < -0.4 is 14.8 Å². The summed E-state index contributed by atoms with van der Waals surface area (Å²) in [5.41, 5.74) is 5.36. The lowest BCUT2D eigenvalue weighted by atomic mass is 10.1. The molecule has 7 nitrogen and oxygen atoms in total. The van der Waals surface area contributed by atoms with Gasteiger partial charge in [-0.05, 0) is 103 Å². The predicted molar refractivity (Wildman–Crippen MR) is 163 cm³/mol. The van der Waals surface area contributed by atoms with Gasteiger partial charge in [0.2, 0.25) is 5.91 Å². The number of ether oxygens (including phenoxy) is 2. The van der Waals surface area contributed by atoms with E-state index in [9.17, 15) is 14.4 Å². The molecule has 1 aliphatic heterocycles. The molecule has 9 heteroatoms. The van der Waals surface area contributed by atoms with E-state index < -0.39 is 17.1 Å². The molecule has 3 aromatic carbocycles. The number of nitrogens with zero attached hydrogens (tertiary/aromatic N) is 1. The van der Waals surface area contributed by atoms with Crippen LogP contribution in [-0.4, -0.2) is 35.1 Å². The number of imide groups is 1. The van der Waals surface area contributed by atoms with E-state index in [0.29, 0.717) is 36.0 Å². The van der Waals surface area contributed by atoms with Crippen molar-refractivity contribution in [1.29, 1.82) is 0 Å². The standard InChI is InChI=1S/C30H29IN2O5S/c1-5-37-24-14-22(13-23(31)28(24)38-17-21-9-7-6-8-10-21)15-25-29(35)33(30(36)39-25)16-26(34)32-27-19(3)11-18(2)12-20(27)4/h6-15H,5,16-17H2,1-4H3,(H,32,34)/b25-15+. The van der Waals surface area contributed by atoms with Gasteiger partial charge < -0.3 is 14.8 Å². The lowest BCUT2D eigenvalue weighted by molar-refractivity contribution is -0.127. The molecule has 4 rings (SSSR count). The van der Waals surface area contributed by atoms with Crippen LogP contribution in [0.3, 0.4) is 0 Å². The largest absolute Gasteiger partial charge is 0.490 e. The van der Waals surface area contributed by atoms with Crippen molar-refractivity contribution >= 4 is 63.2 Å². The van der Waals surface area contributed by atoms with Crippen molar-refractivity contribution < 1.29 is 23.9 Å². The summed E-state index contributed by atoms with van der Waals surface area (Å²) >= 11 is 2.99. The molecule has 1 saturated heterocycles. The zero-order valence-corrected chi connectivity index (χ0v) is 25.1. The molecule has 1 N–H and O–H groups in total. The number of nitrogens with one attached hydrogen (secondary N) is 1. The number of thioether (sulfide) groups is 1. The van der Waals surface area contributed by atoms with E-state index in [4.69, 9.17) is 9.47 Å². The third-order valence-corrected chi connectivity index (χ3v) is 7.68. The third kappa shape index (κ3) is 7.02. The van der Waals surface area contributed by atoms with Crippen molar-refractivity contribution in [2.24, 2.45) is 0 Å². The number of rotatable bonds is 9. The van der Waals surface area contributed by atoms with Crippen LogP contribution >= 0.6 is 34.4 Å². The summed E-state index contributed by atoms with van der Waals surface area (Å²) in [5.74, 6) is 0.232. The Kier molecular flexibility index (Phi) is 9.34. The first-order chi connectivity index (χ1) is 18.7. The fourth-order valence-corrected chi connectivity index (χ4v) is 5.91. The second-order valence-electron chi connectivity index (χ2n) is 9.13. The van der Waals surface area contributed by atoms with Gasteiger partial charge in [0.25, 0.3) is 11.1 Å². The van der Waals surface area contributed by atoms with Crippen molar-refractivity contribution in [3.63, 3.8) is 0 Å². The number of benzene rings is 3. The number of hydrogen-bond acceptors (Lipinski definition) is 6. The Morgan fingerprint density at radius 1 is 1.03 bits per heavy atom. The molecule has 1 heterocycles. The van der Waals surface area contributed by atoms with E-state index in [0.717, 1.165) is 42.5 Å². The fraction of sp³-hybridized carbons (Fsp3) is 0.233. The van der Waals surface area contributed by atoms with E-state index in [1.54, 1.807) is 12.1 Å². The number of hydrogen-bond donors (Lipinski definition) is 1. The van der Waals surface area contributed by atoms with Crippen molar-refractivity contribution in [2.45, 2.75) is 34.3 Å².